The van der Waals surface area contributed by atoms with Crippen LogP contribution in [-0.4, -0.2) is 10.9 Å². The van der Waals surface area contributed by atoms with Gasteiger partial charge in [-0.15, -0.1) is 23.2 Å². The SMILES string of the molecule is NCCC[C@@H]1CC1(Cl)Cl. The Kier molecular flexibility index (Phi) is 2.25. The van der Waals surface area contributed by atoms with Gasteiger partial charge in [-0.1, -0.05) is 0 Å². The van der Waals surface area contributed by atoms with Gasteiger partial charge >= 0.3 is 0 Å². The first-order valence-electron chi connectivity index (χ1n) is 3.24. The lowest BCUT2D eigenvalue weighted by molar-refractivity contribution is 0.669. The number of rotatable bonds is 3. The summed E-state index contributed by atoms with van der Waals surface area (Å²) in [5.41, 5.74) is 5.31. The maximum atomic E-state index is 5.77. The second-order valence-electron chi connectivity index (χ2n) is 2.59. The van der Waals surface area contributed by atoms with E-state index in [4.69, 9.17) is 28.9 Å². The standard InChI is InChI=1S/C6H11Cl2N/c7-6(8)4-5(6)2-1-3-9/h5H,1-4,9H2/t5-/m1/s1. The minimum Gasteiger partial charge on any atom is -0.330 e. The Bertz CT molecular complexity index is 103. The lowest BCUT2D eigenvalue weighted by Gasteiger charge is -1.96. The quantitative estimate of drug-likeness (QED) is 0.640. The predicted molar refractivity (Wildman–Crippen MR) is 40.8 cm³/mol. The molecule has 0 aromatic heterocycles. The van der Waals surface area contributed by atoms with Crippen LogP contribution in [0.1, 0.15) is 19.3 Å². The zero-order chi connectivity index (χ0) is 6.91. The molecule has 0 aliphatic heterocycles. The molecule has 1 fully saturated rings. The molecule has 1 rings (SSSR count). The summed E-state index contributed by atoms with van der Waals surface area (Å²) >= 11 is 11.5. The first-order chi connectivity index (χ1) is 4.17. The number of hydrogen-bond donors (Lipinski definition) is 1. The fourth-order valence-corrected chi connectivity index (χ4v) is 1.54. The van der Waals surface area contributed by atoms with Gasteiger partial charge in [-0.25, -0.2) is 0 Å². The minimum absolute atomic E-state index is 0.394. The Morgan fingerprint density at radius 2 is 2.11 bits per heavy atom. The van der Waals surface area contributed by atoms with Crippen LogP contribution < -0.4 is 5.73 Å². The van der Waals surface area contributed by atoms with E-state index in [-0.39, 0.29) is 0 Å². The normalized spacial score (nSPS) is 30.3. The van der Waals surface area contributed by atoms with Gasteiger partial charge in [-0.3, -0.25) is 0 Å². The Morgan fingerprint density at radius 1 is 1.56 bits per heavy atom. The van der Waals surface area contributed by atoms with Gasteiger partial charge in [0.05, 0.1) is 0 Å². The van der Waals surface area contributed by atoms with Crippen molar-refractivity contribution in [2.24, 2.45) is 11.7 Å². The molecule has 1 saturated carbocycles. The van der Waals surface area contributed by atoms with Gasteiger partial charge in [-0.05, 0) is 31.7 Å². The molecule has 1 atom stereocenters. The molecule has 0 aromatic rings. The van der Waals surface area contributed by atoms with Crippen molar-refractivity contribution in [2.75, 3.05) is 6.54 Å². The van der Waals surface area contributed by atoms with Crippen molar-refractivity contribution in [3.63, 3.8) is 0 Å². The van der Waals surface area contributed by atoms with E-state index in [1.165, 1.54) is 0 Å². The van der Waals surface area contributed by atoms with E-state index in [0.29, 0.717) is 5.92 Å². The molecule has 0 heterocycles. The van der Waals surface area contributed by atoms with Crippen LogP contribution in [0.3, 0.4) is 0 Å². The van der Waals surface area contributed by atoms with Gasteiger partial charge in [0.1, 0.15) is 4.33 Å². The fraction of sp³-hybridized carbons (Fsp3) is 1.00. The largest absolute Gasteiger partial charge is 0.330 e. The maximum absolute atomic E-state index is 5.77. The highest BCUT2D eigenvalue weighted by Gasteiger charge is 2.50. The number of hydrogen-bond acceptors (Lipinski definition) is 1. The topological polar surface area (TPSA) is 26.0 Å². The Balaban J connectivity index is 2.06. The molecule has 0 aromatic carbocycles. The van der Waals surface area contributed by atoms with Crippen LogP contribution in [0, 0.1) is 5.92 Å². The average Bonchev–Trinajstić information content (AvgIpc) is 2.35. The Morgan fingerprint density at radius 3 is 2.44 bits per heavy atom. The van der Waals surface area contributed by atoms with Crippen molar-refractivity contribution in [3.8, 4) is 0 Å². The highest BCUT2D eigenvalue weighted by molar-refractivity contribution is 6.50. The molecule has 0 spiro atoms. The summed E-state index contributed by atoms with van der Waals surface area (Å²) in [4.78, 5) is 0. The minimum atomic E-state index is -0.394. The molecule has 0 radical (unpaired) electrons. The molecular weight excluding hydrogens is 157 g/mol. The number of nitrogens with two attached hydrogens (primary N) is 1. The Hall–Kier alpha value is 0.540. The van der Waals surface area contributed by atoms with E-state index in [1.54, 1.807) is 0 Å². The third-order valence-corrected chi connectivity index (χ3v) is 2.64. The predicted octanol–water partition coefficient (Wildman–Crippen LogP) is 1.92. The van der Waals surface area contributed by atoms with Crippen molar-refractivity contribution >= 4 is 23.2 Å². The molecule has 0 unspecified atom stereocenters. The molecule has 3 heteroatoms. The Labute approximate surface area is 65.5 Å². The molecule has 1 aliphatic rings. The van der Waals surface area contributed by atoms with Gasteiger partial charge in [0.15, 0.2) is 0 Å². The lowest BCUT2D eigenvalue weighted by atomic mass is 10.2. The maximum Gasteiger partial charge on any atom is 0.121 e. The van der Waals surface area contributed by atoms with Crippen LogP contribution >= 0.6 is 23.2 Å². The smallest absolute Gasteiger partial charge is 0.121 e. The van der Waals surface area contributed by atoms with E-state index < -0.39 is 4.33 Å². The number of halogens is 2. The highest BCUT2D eigenvalue weighted by atomic mass is 35.5. The molecule has 0 saturated heterocycles. The van der Waals surface area contributed by atoms with E-state index >= 15 is 0 Å². The number of alkyl halides is 2. The third-order valence-electron chi connectivity index (χ3n) is 1.71. The van der Waals surface area contributed by atoms with Crippen LogP contribution in [0.5, 0.6) is 0 Å². The van der Waals surface area contributed by atoms with Crippen LogP contribution in [0.2, 0.25) is 0 Å². The van der Waals surface area contributed by atoms with Gasteiger partial charge in [-0.2, -0.15) is 0 Å². The molecule has 0 amide bonds. The van der Waals surface area contributed by atoms with E-state index in [9.17, 15) is 0 Å². The first kappa shape index (κ1) is 7.64. The van der Waals surface area contributed by atoms with Gasteiger partial charge in [0.25, 0.3) is 0 Å². The van der Waals surface area contributed by atoms with Crippen molar-refractivity contribution in [3.05, 3.63) is 0 Å². The highest BCUT2D eigenvalue weighted by Crippen LogP contribution is 2.55. The first-order valence-corrected chi connectivity index (χ1v) is 4.00. The average molecular weight is 168 g/mol. The zero-order valence-electron chi connectivity index (χ0n) is 5.24. The van der Waals surface area contributed by atoms with E-state index in [2.05, 4.69) is 0 Å². The van der Waals surface area contributed by atoms with E-state index in [1.807, 2.05) is 0 Å². The molecular formula is C6H11Cl2N. The summed E-state index contributed by atoms with van der Waals surface area (Å²) in [7, 11) is 0. The lowest BCUT2D eigenvalue weighted by Crippen LogP contribution is -2.00. The fourth-order valence-electron chi connectivity index (χ4n) is 0.947. The molecule has 1 aliphatic carbocycles. The molecule has 1 nitrogen and oxygen atoms in total. The summed E-state index contributed by atoms with van der Waals surface area (Å²) in [6.07, 6.45) is 3.09. The zero-order valence-corrected chi connectivity index (χ0v) is 6.75. The van der Waals surface area contributed by atoms with E-state index in [0.717, 1.165) is 25.8 Å². The summed E-state index contributed by atoms with van der Waals surface area (Å²) < 4.78 is -0.394. The molecule has 2 N–H and O–H groups in total. The van der Waals surface area contributed by atoms with Crippen LogP contribution in [0.15, 0.2) is 0 Å². The van der Waals surface area contributed by atoms with Crippen molar-refractivity contribution < 1.29 is 0 Å². The second kappa shape index (κ2) is 2.65. The molecule has 9 heavy (non-hydrogen) atoms. The summed E-state index contributed by atoms with van der Waals surface area (Å²) in [5, 5.41) is 0. The van der Waals surface area contributed by atoms with Crippen molar-refractivity contribution in [2.45, 2.75) is 23.6 Å². The van der Waals surface area contributed by atoms with Crippen molar-refractivity contribution in [1.82, 2.24) is 0 Å². The van der Waals surface area contributed by atoms with Crippen LogP contribution in [0.4, 0.5) is 0 Å². The summed E-state index contributed by atoms with van der Waals surface area (Å²) in [5.74, 6) is 0.518. The van der Waals surface area contributed by atoms with Gasteiger partial charge in [0, 0.05) is 0 Å². The molecule has 54 valence electrons. The van der Waals surface area contributed by atoms with Crippen molar-refractivity contribution in [1.29, 1.82) is 0 Å². The summed E-state index contributed by atoms with van der Waals surface area (Å²) in [6, 6.07) is 0. The monoisotopic (exact) mass is 167 g/mol. The molecule has 0 bridgehead atoms. The summed E-state index contributed by atoms with van der Waals surface area (Å²) in [6.45, 7) is 0.750. The van der Waals surface area contributed by atoms with Crippen LogP contribution in [0.25, 0.3) is 0 Å². The third kappa shape index (κ3) is 1.99. The van der Waals surface area contributed by atoms with Gasteiger partial charge in [0.2, 0.25) is 0 Å². The van der Waals surface area contributed by atoms with Crippen LogP contribution in [-0.2, 0) is 0 Å². The van der Waals surface area contributed by atoms with Gasteiger partial charge < -0.3 is 5.73 Å². The second-order valence-corrected chi connectivity index (χ2v) is 4.14.